The van der Waals surface area contributed by atoms with E-state index in [1.54, 1.807) is 17.1 Å². The second-order valence-corrected chi connectivity index (χ2v) is 4.04. The van der Waals surface area contributed by atoms with Crippen molar-refractivity contribution in [2.45, 2.75) is 6.61 Å². The third-order valence-electron chi connectivity index (χ3n) is 2.74. The highest BCUT2D eigenvalue weighted by molar-refractivity contribution is 5.61. The molecular weight excluding hydrogens is 244 g/mol. The van der Waals surface area contributed by atoms with E-state index in [2.05, 4.69) is 20.3 Å². The monoisotopic (exact) mass is 256 g/mol. The van der Waals surface area contributed by atoms with Crippen LogP contribution in [0.1, 0.15) is 5.69 Å². The van der Waals surface area contributed by atoms with E-state index in [1.807, 2.05) is 24.3 Å². The fourth-order valence-corrected chi connectivity index (χ4v) is 1.77. The van der Waals surface area contributed by atoms with Crippen molar-refractivity contribution in [2.24, 2.45) is 0 Å². The molecule has 3 aromatic rings. The van der Waals surface area contributed by atoms with E-state index in [0.717, 1.165) is 16.9 Å². The van der Waals surface area contributed by atoms with E-state index >= 15 is 0 Å². The Morgan fingerprint density at radius 2 is 2.05 bits per heavy atom. The van der Waals surface area contributed by atoms with E-state index < -0.39 is 0 Å². The molecule has 0 aliphatic carbocycles. The number of aromatic amines is 1. The van der Waals surface area contributed by atoms with Crippen molar-refractivity contribution < 1.29 is 5.11 Å². The van der Waals surface area contributed by atoms with E-state index in [1.165, 1.54) is 0 Å². The first-order chi connectivity index (χ1) is 9.26. The first-order valence-electron chi connectivity index (χ1n) is 5.69. The molecule has 0 aliphatic rings. The molecular formula is C12H12N6O. The molecule has 0 unspecified atom stereocenters. The van der Waals surface area contributed by atoms with E-state index in [-0.39, 0.29) is 6.61 Å². The van der Waals surface area contributed by atoms with Crippen LogP contribution in [0.15, 0.2) is 36.7 Å². The van der Waals surface area contributed by atoms with Gasteiger partial charge in [0, 0.05) is 0 Å². The van der Waals surface area contributed by atoms with Gasteiger partial charge in [0.05, 0.1) is 30.4 Å². The maximum absolute atomic E-state index is 8.95. The van der Waals surface area contributed by atoms with Crippen LogP contribution in [0, 0.1) is 0 Å². The molecule has 7 heteroatoms. The van der Waals surface area contributed by atoms with E-state index in [9.17, 15) is 0 Å². The fourth-order valence-electron chi connectivity index (χ4n) is 1.77. The van der Waals surface area contributed by atoms with Crippen molar-refractivity contribution in [1.29, 1.82) is 0 Å². The van der Waals surface area contributed by atoms with Crippen LogP contribution >= 0.6 is 0 Å². The van der Waals surface area contributed by atoms with Gasteiger partial charge in [0.15, 0.2) is 5.95 Å². The minimum absolute atomic E-state index is 0.120. The molecule has 7 nitrogen and oxygen atoms in total. The number of hydrogen-bond donors (Lipinski definition) is 3. The van der Waals surface area contributed by atoms with Gasteiger partial charge in [-0.25, -0.2) is 9.67 Å². The minimum atomic E-state index is -0.120. The smallest absolute Gasteiger partial charge is 0.197 e. The number of rotatable bonds is 3. The van der Waals surface area contributed by atoms with E-state index in [0.29, 0.717) is 11.6 Å². The SMILES string of the molecule is Nc1ncc(-c2ccc(-n3cc(CO)nn3)cc2)[nH]1. The summed E-state index contributed by atoms with van der Waals surface area (Å²) in [7, 11) is 0. The fraction of sp³-hybridized carbons (Fsp3) is 0.0833. The number of nitrogens with two attached hydrogens (primary N) is 1. The summed E-state index contributed by atoms with van der Waals surface area (Å²) in [5.41, 5.74) is 8.78. The summed E-state index contributed by atoms with van der Waals surface area (Å²) < 4.78 is 1.61. The summed E-state index contributed by atoms with van der Waals surface area (Å²) >= 11 is 0. The molecule has 0 radical (unpaired) electrons. The van der Waals surface area contributed by atoms with Crippen LogP contribution in [0.2, 0.25) is 0 Å². The summed E-state index contributed by atoms with van der Waals surface area (Å²) in [6, 6.07) is 7.68. The van der Waals surface area contributed by atoms with Gasteiger partial charge in [-0.3, -0.25) is 0 Å². The second kappa shape index (κ2) is 4.54. The number of aliphatic hydroxyl groups is 1. The molecule has 2 aromatic heterocycles. The van der Waals surface area contributed by atoms with Crippen LogP contribution in [0.3, 0.4) is 0 Å². The summed E-state index contributed by atoms with van der Waals surface area (Å²) in [6.07, 6.45) is 3.37. The number of aliphatic hydroxyl groups excluding tert-OH is 1. The largest absolute Gasteiger partial charge is 0.390 e. The Kier molecular flexibility index (Phi) is 2.73. The molecule has 4 N–H and O–H groups in total. The molecule has 96 valence electrons. The third kappa shape index (κ3) is 2.18. The lowest BCUT2D eigenvalue weighted by Crippen LogP contribution is -1.94. The Morgan fingerprint density at radius 1 is 1.26 bits per heavy atom. The molecule has 0 amide bonds. The maximum Gasteiger partial charge on any atom is 0.197 e. The molecule has 0 bridgehead atoms. The van der Waals surface area contributed by atoms with Crippen LogP contribution in [0.4, 0.5) is 5.95 Å². The van der Waals surface area contributed by atoms with E-state index in [4.69, 9.17) is 10.8 Å². The average molecular weight is 256 g/mol. The highest BCUT2D eigenvalue weighted by Crippen LogP contribution is 2.19. The van der Waals surface area contributed by atoms with Gasteiger partial charge < -0.3 is 15.8 Å². The first-order valence-corrected chi connectivity index (χ1v) is 5.69. The Morgan fingerprint density at radius 3 is 2.63 bits per heavy atom. The summed E-state index contributed by atoms with van der Waals surface area (Å²) in [6.45, 7) is -0.120. The Labute approximate surface area is 108 Å². The number of nitrogen functional groups attached to an aromatic ring is 1. The van der Waals surface area contributed by atoms with Gasteiger partial charge >= 0.3 is 0 Å². The predicted octanol–water partition coefficient (Wildman–Crippen LogP) is 0.732. The molecule has 0 aliphatic heterocycles. The van der Waals surface area contributed by atoms with Gasteiger partial charge in [-0.15, -0.1) is 5.10 Å². The van der Waals surface area contributed by atoms with Crippen molar-refractivity contribution in [3.05, 3.63) is 42.4 Å². The zero-order chi connectivity index (χ0) is 13.2. The molecule has 3 rings (SSSR count). The average Bonchev–Trinajstić information content (AvgIpc) is 3.07. The lowest BCUT2D eigenvalue weighted by Gasteiger charge is -2.01. The standard InChI is InChI=1S/C12H12N6O/c13-12-14-5-11(15-12)8-1-3-10(4-2-8)18-6-9(7-19)16-17-18/h1-6,19H,7H2,(H3,13,14,15). The molecule has 0 saturated heterocycles. The number of imidazole rings is 1. The number of nitrogens with one attached hydrogen (secondary N) is 1. The topological polar surface area (TPSA) is 106 Å². The van der Waals surface area contributed by atoms with Crippen molar-refractivity contribution in [3.63, 3.8) is 0 Å². The summed E-state index contributed by atoms with van der Waals surface area (Å²) in [5, 5.41) is 16.7. The maximum atomic E-state index is 8.95. The minimum Gasteiger partial charge on any atom is -0.390 e. The highest BCUT2D eigenvalue weighted by Gasteiger charge is 2.04. The summed E-state index contributed by atoms with van der Waals surface area (Å²) in [5.74, 6) is 0.392. The lowest BCUT2D eigenvalue weighted by atomic mass is 10.1. The van der Waals surface area contributed by atoms with Gasteiger partial charge in [-0.2, -0.15) is 0 Å². The number of H-pyrrole nitrogens is 1. The number of aromatic nitrogens is 5. The van der Waals surface area contributed by atoms with Crippen LogP contribution in [0.5, 0.6) is 0 Å². The first kappa shape index (κ1) is 11.4. The van der Waals surface area contributed by atoms with Gasteiger partial charge in [0.1, 0.15) is 5.69 Å². The van der Waals surface area contributed by atoms with Crippen molar-refractivity contribution in [1.82, 2.24) is 25.0 Å². The number of anilines is 1. The zero-order valence-electron chi connectivity index (χ0n) is 9.98. The molecule has 0 fully saturated rings. The van der Waals surface area contributed by atoms with Crippen LogP contribution in [-0.4, -0.2) is 30.1 Å². The van der Waals surface area contributed by atoms with Crippen LogP contribution in [-0.2, 0) is 6.61 Å². The highest BCUT2D eigenvalue weighted by atomic mass is 16.3. The van der Waals surface area contributed by atoms with Crippen molar-refractivity contribution >= 4 is 5.95 Å². The van der Waals surface area contributed by atoms with Crippen molar-refractivity contribution in [3.8, 4) is 16.9 Å². The lowest BCUT2D eigenvalue weighted by molar-refractivity contribution is 0.276. The molecule has 2 heterocycles. The number of benzene rings is 1. The third-order valence-corrected chi connectivity index (χ3v) is 2.74. The Hall–Kier alpha value is -2.67. The predicted molar refractivity (Wildman–Crippen MR) is 69.3 cm³/mol. The van der Waals surface area contributed by atoms with Gasteiger partial charge in [0.2, 0.25) is 0 Å². The molecule has 0 atom stereocenters. The Balaban J connectivity index is 1.90. The normalized spacial score (nSPS) is 10.8. The molecule has 0 spiro atoms. The number of nitrogens with zero attached hydrogens (tertiary/aromatic N) is 4. The van der Waals surface area contributed by atoms with Crippen molar-refractivity contribution in [2.75, 3.05) is 5.73 Å². The zero-order valence-corrected chi connectivity index (χ0v) is 9.98. The molecule has 1 aromatic carbocycles. The van der Waals surface area contributed by atoms with Crippen LogP contribution < -0.4 is 5.73 Å². The quantitative estimate of drug-likeness (QED) is 0.640. The van der Waals surface area contributed by atoms with Gasteiger partial charge in [0.25, 0.3) is 0 Å². The van der Waals surface area contributed by atoms with Gasteiger partial charge in [-0.05, 0) is 17.7 Å². The summed E-state index contributed by atoms with van der Waals surface area (Å²) in [4.78, 5) is 6.92. The molecule has 0 saturated carbocycles. The Bertz CT molecular complexity index is 684. The van der Waals surface area contributed by atoms with Gasteiger partial charge in [-0.1, -0.05) is 17.3 Å². The number of hydrogen-bond acceptors (Lipinski definition) is 5. The molecule has 19 heavy (non-hydrogen) atoms. The second-order valence-electron chi connectivity index (χ2n) is 4.04. The van der Waals surface area contributed by atoms with Crippen LogP contribution in [0.25, 0.3) is 16.9 Å².